The first-order chi connectivity index (χ1) is 18.4. The second kappa shape index (κ2) is 12.4. The average Bonchev–Trinajstić information content (AvgIpc) is 3.29. The van der Waals surface area contributed by atoms with Gasteiger partial charge >= 0.3 is 0 Å². The summed E-state index contributed by atoms with van der Waals surface area (Å²) in [5.41, 5.74) is 1.53. The van der Waals surface area contributed by atoms with Crippen LogP contribution in [0.4, 0.5) is 5.69 Å². The van der Waals surface area contributed by atoms with Crippen LogP contribution in [0, 0.1) is 5.41 Å². The van der Waals surface area contributed by atoms with Crippen LogP contribution in [0.15, 0.2) is 58.1 Å². The molecule has 0 saturated carbocycles. The van der Waals surface area contributed by atoms with Gasteiger partial charge in [-0.1, -0.05) is 13.0 Å². The SMILES string of the molecule is CCCC1=NN2C(=N)/C(=C/c3ccc(OCCOc4ccc(NC(C)=O)cc4)c(OCC)c3)C(=O)N=C2S1. The number of nitrogens with zero attached hydrogens (tertiary/aromatic N) is 3. The summed E-state index contributed by atoms with van der Waals surface area (Å²) in [6, 6.07) is 12.4. The Balaban J connectivity index is 1.40. The van der Waals surface area contributed by atoms with Gasteiger partial charge in [0.15, 0.2) is 17.3 Å². The first-order valence-electron chi connectivity index (χ1n) is 12.3. The highest BCUT2D eigenvalue weighted by Gasteiger charge is 2.35. The van der Waals surface area contributed by atoms with Gasteiger partial charge < -0.3 is 19.5 Å². The molecule has 2 N–H and O–H groups in total. The Bertz CT molecular complexity index is 1320. The highest BCUT2D eigenvalue weighted by molar-refractivity contribution is 8.26. The minimum Gasteiger partial charge on any atom is -0.490 e. The molecule has 0 unspecified atom stereocenters. The first-order valence-corrected chi connectivity index (χ1v) is 13.1. The maximum absolute atomic E-state index is 12.7. The monoisotopic (exact) mass is 535 g/mol. The number of carbonyl (C=O) groups excluding carboxylic acids is 2. The number of fused-ring (bicyclic) bond motifs is 1. The van der Waals surface area contributed by atoms with Gasteiger partial charge in [-0.25, -0.2) is 0 Å². The molecule has 0 bridgehead atoms. The third-order valence-electron chi connectivity index (χ3n) is 5.32. The van der Waals surface area contributed by atoms with E-state index in [0.29, 0.717) is 46.9 Å². The fraction of sp³-hybridized carbons (Fsp3) is 0.296. The highest BCUT2D eigenvalue weighted by Crippen LogP contribution is 2.32. The van der Waals surface area contributed by atoms with Crippen molar-refractivity contribution in [2.45, 2.75) is 33.6 Å². The predicted octanol–water partition coefficient (Wildman–Crippen LogP) is 4.92. The maximum atomic E-state index is 12.7. The quantitative estimate of drug-likeness (QED) is 0.309. The van der Waals surface area contributed by atoms with E-state index < -0.39 is 5.91 Å². The van der Waals surface area contributed by atoms with E-state index in [1.54, 1.807) is 48.5 Å². The molecular weight excluding hydrogens is 506 g/mol. The van der Waals surface area contributed by atoms with Crippen molar-refractivity contribution in [3.05, 3.63) is 53.6 Å². The average molecular weight is 536 g/mol. The van der Waals surface area contributed by atoms with Crippen molar-refractivity contribution in [2.24, 2.45) is 10.1 Å². The minimum absolute atomic E-state index is 0.000791. The molecule has 2 heterocycles. The lowest BCUT2D eigenvalue weighted by molar-refractivity contribution is -0.115. The summed E-state index contributed by atoms with van der Waals surface area (Å²) in [6.07, 6.45) is 3.31. The number of hydrogen-bond donors (Lipinski definition) is 2. The molecule has 0 aromatic heterocycles. The van der Waals surface area contributed by atoms with Crippen molar-refractivity contribution in [2.75, 3.05) is 25.1 Å². The van der Waals surface area contributed by atoms with Gasteiger partial charge in [-0.2, -0.15) is 15.1 Å². The van der Waals surface area contributed by atoms with Gasteiger partial charge in [-0.3, -0.25) is 15.0 Å². The van der Waals surface area contributed by atoms with Crippen LogP contribution in [0.2, 0.25) is 0 Å². The lowest BCUT2D eigenvalue weighted by Gasteiger charge is -2.20. The van der Waals surface area contributed by atoms with Gasteiger partial charge in [0.05, 0.1) is 12.2 Å². The molecule has 0 aliphatic carbocycles. The normalized spacial score (nSPS) is 15.7. The van der Waals surface area contributed by atoms with Crippen molar-refractivity contribution in [1.82, 2.24) is 5.01 Å². The third-order valence-corrected chi connectivity index (χ3v) is 6.29. The van der Waals surface area contributed by atoms with E-state index in [9.17, 15) is 9.59 Å². The Morgan fingerprint density at radius 3 is 2.55 bits per heavy atom. The Labute approximate surface area is 225 Å². The van der Waals surface area contributed by atoms with Crippen LogP contribution < -0.4 is 19.5 Å². The molecule has 0 saturated heterocycles. The molecule has 38 heavy (non-hydrogen) atoms. The van der Waals surface area contributed by atoms with Crippen LogP contribution >= 0.6 is 11.8 Å². The van der Waals surface area contributed by atoms with Gasteiger partial charge in [-0.05, 0) is 79.6 Å². The van der Waals surface area contributed by atoms with E-state index in [-0.39, 0.29) is 23.9 Å². The molecule has 2 aromatic carbocycles. The molecule has 0 atom stereocenters. The molecule has 10 nitrogen and oxygen atoms in total. The molecule has 2 amide bonds. The second-order valence-electron chi connectivity index (χ2n) is 8.31. The molecular formula is C27H29N5O5S. The Morgan fingerprint density at radius 1 is 1.08 bits per heavy atom. The lowest BCUT2D eigenvalue weighted by atomic mass is 10.1. The molecule has 0 radical (unpaired) electrons. The summed E-state index contributed by atoms with van der Waals surface area (Å²) >= 11 is 1.33. The van der Waals surface area contributed by atoms with Crippen LogP contribution in [0.5, 0.6) is 17.2 Å². The molecule has 2 aromatic rings. The minimum atomic E-state index is -0.470. The van der Waals surface area contributed by atoms with E-state index in [0.717, 1.165) is 17.9 Å². The third kappa shape index (κ3) is 6.60. The van der Waals surface area contributed by atoms with Crippen LogP contribution in [0.3, 0.4) is 0 Å². The fourth-order valence-electron chi connectivity index (χ4n) is 3.66. The number of amidine groups is 2. The standard InChI is InChI=1S/C27H29N5O5S/c1-4-6-24-31-32-25(28)21(26(34)30-27(32)38-24)15-18-7-12-22(23(16-18)35-5-2)37-14-13-36-20-10-8-19(9-11-20)29-17(3)33/h7-12,15-16,28H,4-6,13-14H2,1-3H3,(H,29,33)/b21-15-,28-25?. The second-order valence-corrected chi connectivity index (χ2v) is 9.35. The van der Waals surface area contributed by atoms with E-state index in [4.69, 9.17) is 19.6 Å². The number of amides is 2. The molecule has 198 valence electrons. The smallest absolute Gasteiger partial charge is 0.283 e. The topological polar surface area (TPSA) is 126 Å². The number of aliphatic imine (C=N–C) groups is 1. The van der Waals surface area contributed by atoms with Crippen molar-refractivity contribution < 1.29 is 23.8 Å². The largest absolute Gasteiger partial charge is 0.490 e. The van der Waals surface area contributed by atoms with Gasteiger partial charge in [0.1, 0.15) is 24.0 Å². The number of anilines is 1. The number of hydrazone groups is 1. The van der Waals surface area contributed by atoms with Crippen molar-refractivity contribution >= 4 is 51.4 Å². The highest BCUT2D eigenvalue weighted by atomic mass is 32.2. The van der Waals surface area contributed by atoms with E-state index in [1.165, 1.54) is 23.7 Å². The molecule has 0 spiro atoms. The number of ether oxygens (including phenoxy) is 3. The number of thioether (sulfide) groups is 1. The van der Waals surface area contributed by atoms with E-state index in [1.807, 2.05) is 6.92 Å². The Morgan fingerprint density at radius 2 is 1.84 bits per heavy atom. The summed E-state index contributed by atoms with van der Waals surface area (Å²) in [7, 11) is 0. The zero-order valence-corrected chi connectivity index (χ0v) is 22.3. The first kappa shape index (κ1) is 26.9. The van der Waals surface area contributed by atoms with Gasteiger partial charge in [0.25, 0.3) is 5.91 Å². The van der Waals surface area contributed by atoms with Gasteiger partial charge in [0, 0.05) is 12.6 Å². The summed E-state index contributed by atoms with van der Waals surface area (Å²) in [5.74, 6) is 1.10. The molecule has 11 heteroatoms. The van der Waals surface area contributed by atoms with Gasteiger partial charge in [0.2, 0.25) is 11.1 Å². The summed E-state index contributed by atoms with van der Waals surface area (Å²) < 4.78 is 17.4. The van der Waals surface area contributed by atoms with Crippen LogP contribution in [0.25, 0.3) is 6.08 Å². The maximum Gasteiger partial charge on any atom is 0.283 e. The van der Waals surface area contributed by atoms with Crippen molar-refractivity contribution in [1.29, 1.82) is 5.41 Å². The van der Waals surface area contributed by atoms with Crippen LogP contribution in [0.1, 0.15) is 39.2 Å². The molecule has 2 aliphatic heterocycles. The van der Waals surface area contributed by atoms with Crippen molar-refractivity contribution in [3.8, 4) is 17.2 Å². The van der Waals surface area contributed by atoms with Crippen LogP contribution in [-0.2, 0) is 9.59 Å². The zero-order chi connectivity index (χ0) is 27.1. The summed E-state index contributed by atoms with van der Waals surface area (Å²) in [6.45, 7) is 6.38. The number of carbonyl (C=O) groups is 2. The lowest BCUT2D eigenvalue weighted by Crippen LogP contribution is -2.35. The molecule has 0 fully saturated rings. The van der Waals surface area contributed by atoms with Gasteiger partial charge in [-0.15, -0.1) is 0 Å². The van der Waals surface area contributed by atoms with E-state index in [2.05, 4.69) is 22.3 Å². The Kier molecular flexibility index (Phi) is 8.80. The van der Waals surface area contributed by atoms with Crippen LogP contribution in [-0.4, -0.2) is 52.7 Å². The number of nitrogens with one attached hydrogen (secondary N) is 2. The number of rotatable bonds is 11. The number of hydrogen-bond acceptors (Lipinski definition) is 8. The zero-order valence-electron chi connectivity index (χ0n) is 21.4. The predicted molar refractivity (Wildman–Crippen MR) is 149 cm³/mol. The molecule has 2 aliphatic rings. The fourth-order valence-corrected chi connectivity index (χ4v) is 4.65. The Hall–Kier alpha value is -4.12. The van der Waals surface area contributed by atoms with E-state index >= 15 is 0 Å². The number of benzene rings is 2. The van der Waals surface area contributed by atoms with Crippen molar-refractivity contribution in [3.63, 3.8) is 0 Å². The molecule has 4 rings (SSSR count). The summed E-state index contributed by atoms with van der Waals surface area (Å²) in [5, 5.41) is 18.3. The summed E-state index contributed by atoms with van der Waals surface area (Å²) in [4.78, 5) is 27.9.